The molecule has 2 aromatic rings. The lowest BCUT2D eigenvalue weighted by molar-refractivity contribution is 0.299. The van der Waals surface area contributed by atoms with E-state index in [1.807, 2.05) is 18.4 Å². The number of aromatic nitrogens is 1. The van der Waals surface area contributed by atoms with Gasteiger partial charge in [-0.1, -0.05) is 0 Å². The highest BCUT2D eigenvalue weighted by molar-refractivity contribution is 7.09. The van der Waals surface area contributed by atoms with Gasteiger partial charge in [0.25, 0.3) is 0 Å². The standard InChI is InChI=1S/C14H17NO2S/c1-9-7-13(17-3)10(2)6-11(9)12-8-18-14(15-12)4-5-16/h6-8,16H,4-5H2,1-3H3. The van der Waals surface area contributed by atoms with Gasteiger partial charge in [0.05, 0.1) is 17.8 Å². The number of benzene rings is 1. The predicted molar refractivity (Wildman–Crippen MR) is 74.4 cm³/mol. The number of ether oxygens (including phenoxy) is 1. The maximum atomic E-state index is 8.92. The summed E-state index contributed by atoms with van der Waals surface area (Å²) >= 11 is 1.59. The number of aryl methyl sites for hydroxylation is 2. The van der Waals surface area contributed by atoms with Gasteiger partial charge in [0.15, 0.2) is 0 Å². The molecule has 96 valence electrons. The first kappa shape index (κ1) is 13.1. The molecule has 18 heavy (non-hydrogen) atoms. The molecule has 4 heteroatoms. The Hall–Kier alpha value is -1.39. The molecule has 0 radical (unpaired) electrons. The zero-order chi connectivity index (χ0) is 13.1. The first-order chi connectivity index (χ1) is 8.65. The topological polar surface area (TPSA) is 42.4 Å². The third-order valence-electron chi connectivity index (χ3n) is 2.90. The molecular formula is C14H17NO2S. The molecule has 0 aliphatic carbocycles. The van der Waals surface area contributed by atoms with Crippen LogP contribution in [0.4, 0.5) is 0 Å². The third kappa shape index (κ3) is 2.54. The Kier molecular flexibility index (Phi) is 3.99. The zero-order valence-electron chi connectivity index (χ0n) is 10.9. The molecule has 2 rings (SSSR count). The van der Waals surface area contributed by atoms with Crippen molar-refractivity contribution < 1.29 is 9.84 Å². The van der Waals surface area contributed by atoms with Gasteiger partial charge in [0.1, 0.15) is 5.75 Å². The van der Waals surface area contributed by atoms with E-state index in [4.69, 9.17) is 9.84 Å². The van der Waals surface area contributed by atoms with Crippen LogP contribution in [0.1, 0.15) is 16.1 Å². The number of thiazole rings is 1. The summed E-state index contributed by atoms with van der Waals surface area (Å²) in [5, 5.41) is 11.9. The van der Waals surface area contributed by atoms with Crippen molar-refractivity contribution in [2.75, 3.05) is 13.7 Å². The predicted octanol–water partition coefficient (Wildman–Crippen LogP) is 2.97. The largest absolute Gasteiger partial charge is 0.496 e. The van der Waals surface area contributed by atoms with Crippen LogP contribution in [0.15, 0.2) is 17.5 Å². The van der Waals surface area contributed by atoms with Crippen LogP contribution in [0.3, 0.4) is 0 Å². The molecule has 0 fully saturated rings. The normalized spacial score (nSPS) is 10.7. The van der Waals surface area contributed by atoms with Gasteiger partial charge >= 0.3 is 0 Å². The molecule has 1 N–H and O–H groups in total. The second-order valence-corrected chi connectivity index (χ2v) is 5.18. The van der Waals surface area contributed by atoms with E-state index in [1.165, 1.54) is 0 Å². The molecule has 0 spiro atoms. The molecule has 0 amide bonds. The van der Waals surface area contributed by atoms with Crippen molar-refractivity contribution in [3.05, 3.63) is 33.6 Å². The van der Waals surface area contributed by atoms with Crippen LogP contribution in [-0.2, 0) is 6.42 Å². The summed E-state index contributed by atoms with van der Waals surface area (Å²) in [5.74, 6) is 0.905. The van der Waals surface area contributed by atoms with E-state index in [9.17, 15) is 0 Å². The Morgan fingerprint density at radius 2 is 2.06 bits per heavy atom. The Morgan fingerprint density at radius 1 is 1.28 bits per heavy atom. The van der Waals surface area contributed by atoms with Gasteiger partial charge in [0.2, 0.25) is 0 Å². The summed E-state index contributed by atoms with van der Waals surface area (Å²) in [6.07, 6.45) is 0.624. The first-order valence-corrected chi connectivity index (χ1v) is 6.74. The van der Waals surface area contributed by atoms with E-state index in [1.54, 1.807) is 18.4 Å². The van der Waals surface area contributed by atoms with Gasteiger partial charge in [-0.15, -0.1) is 11.3 Å². The van der Waals surface area contributed by atoms with Gasteiger partial charge in [-0.25, -0.2) is 4.98 Å². The second kappa shape index (κ2) is 5.50. The molecule has 0 unspecified atom stereocenters. The Bertz CT molecular complexity index is 549. The van der Waals surface area contributed by atoms with Crippen LogP contribution in [0.2, 0.25) is 0 Å². The van der Waals surface area contributed by atoms with Crippen LogP contribution >= 0.6 is 11.3 Å². The summed E-state index contributed by atoms with van der Waals surface area (Å²) in [6.45, 7) is 4.23. The number of hydrogen-bond donors (Lipinski definition) is 1. The molecule has 0 atom stereocenters. The molecule has 0 aliphatic heterocycles. The average Bonchev–Trinajstić information content (AvgIpc) is 2.80. The van der Waals surface area contributed by atoms with E-state index in [0.29, 0.717) is 6.42 Å². The van der Waals surface area contributed by atoms with Crippen LogP contribution < -0.4 is 4.74 Å². The summed E-state index contributed by atoms with van der Waals surface area (Å²) in [7, 11) is 1.68. The minimum Gasteiger partial charge on any atom is -0.496 e. The highest BCUT2D eigenvalue weighted by Gasteiger charge is 2.10. The highest BCUT2D eigenvalue weighted by atomic mass is 32.1. The second-order valence-electron chi connectivity index (χ2n) is 4.24. The fraction of sp³-hybridized carbons (Fsp3) is 0.357. The van der Waals surface area contributed by atoms with Crippen molar-refractivity contribution in [2.24, 2.45) is 0 Å². The van der Waals surface area contributed by atoms with Gasteiger partial charge in [-0.05, 0) is 37.1 Å². The van der Waals surface area contributed by atoms with Gasteiger partial charge < -0.3 is 9.84 Å². The molecule has 0 bridgehead atoms. The molecule has 0 saturated heterocycles. The maximum Gasteiger partial charge on any atom is 0.122 e. The maximum absolute atomic E-state index is 8.92. The molecule has 1 aromatic heterocycles. The van der Waals surface area contributed by atoms with E-state index >= 15 is 0 Å². The van der Waals surface area contributed by atoms with Crippen molar-refractivity contribution in [1.82, 2.24) is 4.98 Å². The van der Waals surface area contributed by atoms with Crippen molar-refractivity contribution in [3.63, 3.8) is 0 Å². The smallest absolute Gasteiger partial charge is 0.122 e. The van der Waals surface area contributed by atoms with Gasteiger partial charge in [-0.2, -0.15) is 0 Å². The van der Waals surface area contributed by atoms with Crippen LogP contribution in [0.5, 0.6) is 5.75 Å². The highest BCUT2D eigenvalue weighted by Crippen LogP contribution is 2.30. The third-order valence-corrected chi connectivity index (χ3v) is 3.80. The SMILES string of the molecule is COc1cc(C)c(-c2csc(CCO)n2)cc1C. The fourth-order valence-corrected chi connectivity index (χ4v) is 2.72. The fourth-order valence-electron chi connectivity index (χ4n) is 1.93. The number of aliphatic hydroxyl groups is 1. The lowest BCUT2D eigenvalue weighted by Gasteiger charge is -2.09. The number of nitrogens with zero attached hydrogens (tertiary/aromatic N) is 1. The average molecular weight is 263 g/mol. The summed E-state index contributed by atoms with van der Waals surface area (Å²) in [5.41, 5.74) is 4.37. The Labute approximate surface area is 111 Å². The van der Waals surface area contributed by atoms with Crippen molar-refractivity contribution in [1.29, 1.82) is 0 Å². The minimum absolute atomic E-state index is 0.146. The van der Waals surface area contributed by atoms with Crippen molar-refractivity contribution in [2.45, 2.75) is 20.3 Å². The monoisotopic (exact) mass is 263 g/mol. The van der Waals surface area contributed by atoms with Crippen LogP contribution in [-0.4, -0.2) is 23.8 Å². The van der Waals surface area contributed by atoms with Gasteiger partial charge in [-0.3, -0.25) is 0 Å². The summed E-state index contributed by atoms with van der Waals surface area (Å²) in [6, 6.07) is 4.14. The molecular weight excluding hydrogens is 246 g/mol. The lowest BCUT2D eigenvalue weighted by Crippen LogP contribution is -1.93. The minimum atomic E-state index is 0.146. The van der Waals surface area contributed by atoms with Crippen molar-refractivity contribution >= 4 is 11.3 Å². The van der Waals surface area contributed by atoms with E-state index in [0.717, 1.165) is 33.1 Å². The Balaban J connectivity index is 2.40. The number of hydrogen-bond acceptors (Lipinski definition) is 4. The molecule has 1 heterocycles. The van der Waals surface area contributed by atoms with E-state index < -0.39 is 0 Å². The summed E-state index contributed by atoms with van der Waals surface area (Å²) in [4.78, 5) is 4.55. The zero-order valence-corrected chi connectivity index (χ0v) is 11.7. The molecule has 1 aromatic carbocycles. The number of methoxy groups -OCH3 is 1. The molecule has 3 nitrogen and oxygen atoms in total. The molecule has 0 aliphatic rings. The lowest BCUT2D eigenvalue weighted by atomic mass is 10.0. The van der Waals surface area contributed by atoms with Crippen LogP contribution in [0, 0.1) is 13.8 Å². The van der Waals surface area contributed by atoms with E-state index in [-0.39, 0.29) is 6.61 Å². The number of aliphatic hydroxyl groups excluding tert-OH is 1. The van der Waals surface area contributed by atoms with Crippen LogP contribution in [0.25, 0.3) is 11.3 Å². The van der Waals surface area contributed by atoms with Gasteiger partial charge in [0, 0.05) is 24.0 Å². The van der Waals surface area contributed by atoms with Crippen molar-refractivity contribution in [3.8, 4) is 17.0 Å². The number of rotatable bonds is 4. The first-order valence-electron chi connectivity index (χ1n) is 5.86. The summed E-state index contributed by atoms with van der Waals surface area (Å²) < 4.78 is 5.31. The van der Waals surface area contributed by atoms with E-state index in [2.05, 4.69) is 18.0 Å². The molecule has 0 saturated carbocycles. The quantitative estimate of drug-likeness (QED) is 0.922. The Morgan fingerprint density at radius 3 is 2.72 bits per heavy atom.